The molecular weight excluding hydrogens is 161 g/mol. The SMILES string of the molecule is O=[C]NC(=O)c1ccc(F)cc1. The van der Waals surface area contributed by atoms with E-state index in [1.54, 1.807) is 0 Å². The number of benzene rings is 1. The highest BCUT2D eigenvalue weighted by molar-refractivity contribution is 5.99. The van der Waals surface area contributed by atoms with Crippen LogP contribution < -0.4 is 5.32 Å². The molecule has 0 aromatic heterocycles. The third kappa shape index (κ3) is 1.88. The number of carbonyl (C=O) groups excluding carboxylic acids is 2. The van der Waals surface area contributed by atoms with Crippen LogP contribution in [-0.2, 0) is 4.79 Å². The summed E-state index contributed by atoms with van der Waals surface area (Å²) in [4.78, 5) is 20.6. The van der Waals surface area contributed by atoms with E-state index in [9.17, 15) is 14.0 Å². The lowest BCUT2D eigenvalue weighted by molar-refractivity contribution is 0.0976. The van der Waals surface area contributed by atoms with Gasteiger partial charge in [-0.25, -0.2) is 4.39 Å². The van der Waals surface area contributed by atoms with Crippen LogP contribution in [0.15, 0.2) is 24.3 Å². The van der Waals surface area contributed by atoms with E-state index >= 15 is 0 Å². The molecule has 2 amide bonds. The Hall–Kier alpha value is -1.71. The predicted octanol–water partition coefficient (Wildman–Crippen LogP) is 0.623. The summed E-state index contributed by atoms with van der Waals surface area (Å²) in [6, 6.07) is 4.84. The molecule has 1 radical (unpaired) electrons. The van der Waals surface area contributed by atoms with Crippen LogP contribution in [0.3, 0.4) is 0 Å². The van der Waals surface area contributed by atoms with Gasteiger partial charge in [0.15, 0.2) is 0 Å². The van der Waals surface area contributed by atoms with Gasteiger partial charge >= 0.3 is 6.41 Å². The van der Waals surface area contributed by atoms with Crippen molar-refractivity contribution < 1.29 is 14.0 Å². The summed E-state index contributed by atoms with van der Waals surface area (Å²) in [5, 5.41) is 1.81. The first kappa shape index (κ1) is 8.39. The van der Waals surface area contributed by atoms with Gasteiger partial charge in [-0.2, -0.15) is 0 Å². The van der Waals surface area contributed by atoms with Gasteiger partial charge in [-0.05, 0) is 24.3 Å². The van der Waals surface area contributed by atoms with Gasteiger partial charge in [-0.3, -0.25) is 14.9 Å². The second kappa shape index (κ2) is 3.61. The van der Waals surface area contributed by atoms with Gasteiger partial charge in [0.05, 0.1) is 0 Å². The monoisotopic (exact) mass is 166 g/mol. The van der Waals surface area contributed by atoms with Gasteiger partial charge in [0.2, 0.25) is 0 Å². The smallest absolute Gasteiger partial charge is 0.284 e. The maximum absolute atomic E-state index is 12.3. The molecule has 1 aromatic rings. The highest BCUT2D eigenvalue weighted by atomic mass is 19.1. The molecule has 0 saturated carbocycles. The Balaban J connectivity index is 2.82. The van der Waals surface area contributed by atoms with Crippen molar-refractivity contribution in [2.75, 3.05) is 0 Å². The predicted molar refractivity (Wildman–Crippen MR) is 39.6 cm³/mol. The number of hydrogen-bond donors (Lipinski definition) is 1. The van der Waals surface area contributed by atoms with Crippen molar-refractivity contribution in [3.8, 4) is 0 Å². The number of amides is 2. The van der Waals surface area contributed by atoms with Crippen molar-refractivity contribution in [2.45, 2.75) is 0 Å². The maximum Gasteiger partial charge on any atom is 0.316 e. The van der Waals surface area contributed by atoms with E-state index in [4.69, 9.17) is 0 Å². The molecule has 0 unspecified atom stereocenters. The van der Waals surface area contributed by atoms with Crippen LogP contribution in [0.1, 0.15) is 10.4 Å². The average Bonchev–Trinajstić information content (AvgIpc) is 2.06. The first-order chi connectivity index (χ1) is 5.74. The van der Waals surface area contributed by atoms with E-state index in [1.165, 1.54) is 18.5 Å². The lowest BCUT2D eigenvalue weighted by Gasteiger charge is -1.95. The Labute approximate surface area is 68.2 Å². The number of nitrogens with one attached hydrogen (secondary N) is 1. The largest absolute Gasteiger partial charge is 0.316 e. The number of carbonyl (C=O) groups is 1. The second-order valence-electron chi connectivity index (χ2n) is 2.06. The summed E-state index contributed by atoms with van der Waals surface area (Å²) < 4.78 is 12.3. The number of imide groups is 1. The van der Waals surface area contributed by atoms with Gasteiger partial charge in [-0.15, -0.1) is 0 Å². The third-order valence-electron chi connectivity index (χ3n) is 1.27. The van der Waals surface area contributed by atoms with Crippen LogP contribution in [0.4, 0.5) is 4.39 Å². The lowest BCUT2D eigenvalue weighted by atomic mass is 10.2. The summed E-state index contributed by atoms with van der Waals surface area (Å²) in [6.45, 7) is 0. The van der Waals surface area contributed by atoms with Crippen LogP contribution >= 0.6 is 0 Å². The first-order valence-electron chi connectivity index (χ1n) is 3.17. The van der Waals surface area contributed by atoms with Crippen molar-refractivity contribution in [2.24, 2.45) is 0 Å². The molecule has 1 rings (SSSR count). The van der Waals surface area contributed by atoms with Crippen molar-refractivity contribution in [1.29, 1.82) is 0 Å². The van der Waals surface area contributed by atoms with Crippen molar-refractivity contribution >= 4 is 12.3 Å². The molecule has 3 nitrogen and oxygen atoms in total. The Bertz CT molecular complexity index is 294. The van der Waals surface area contributed by atoms with E-state index < -0.39 is 11.7 Å². The van der Waals surface area contributed by atoms with Crippen LogP contribution in [0.2, 0.25) is 0 Å². The standard InChI is InChI=1S/C8H5FNO2/c9-7-3-1-6(2-4-7)8(12)10-5-11/h1-4H,(H,10,11,12). The molecular formula is C8H5FNO2. The molecule has 0 saturated heterocycles. The van der Waals surface area contributed by atoms with Gasteiger partial charge in [0, 0.05) is 5.56 Å². The molecule has 0 fully saturated rings. The normalized spacial score (nSPS) is 9.08. The van der Waals surface area contributed by atoms with Gasteiger partial charge in [-0.1, -0.05) is 0 Å². The third-order valence-corrected chi connectivity index (χ3v) is 1.27. The first-order valence-corrected chi connectivity index (χ1v) is 3.17. The zero-order valence-corrected chi connectivity index (χ0v) is 6.00. The van der Waals surface area contributed by atoms with E-state index in [2.05, 4.69) is 0 Å². The van der Waals surface area contributed by atoms with Gasteiger partial charge < -0.3 is 0 Å². The topological polar surface area (TPSA) is 46.2 Å². The fourth-order valence-electron chi connectivity index (χ4n) is 0.720. The minimum Gasteiger partial charge on any atom is -0.284 e. The van der Waals surface area contributed by atoms with E-state index in [-0.39, 0.29) is 5.56 Å². The minimum atomic E-state index is -0.593. The maximum atomic E-state index is 12.3. The fraction of sp³-hybridized carbons (Fsp3) is 0. The van der Waals surface area contributed by atoms with Crippen LogP contribution in [0.25, 0.3) is 0 Å². The molecule has 0 aliphatic heterocycles. The highest BCUT2D eigenvalue weighted by Gasteiger charge is 2.03. The fourth-order valence-corrected chi connectivity index (χ4v) is 0.720. The molecule has 12 heavy (non-hydrogen) atoms. The molecule has 4 heteroatoms. The van der Waals surface area contributed by atoms with Gasteiger partial charge in [0.25, 0.3) is 5.91 Å². The number of hydrogen-bond acceptors (Lipinski definition) is 2. The van der Waals surface area contributed by atoms with Crippen LogP contribution in [0, 0.1) is 5.82 Å². The van der Waals surface area contributed by atoms with Crippen LogP contribution in [-0.4, -0.2) is 12.3 Å². The molecule has 0 heterocycles. The van der Waals surface area contributed by atoms with E-state index in [0.29, 0.717) is 0 Å². The molecule has 0 aliphatic carbocycles. The summed E-state index contributed by atoms with van der Waals surface area (Å²) in [5.74, 6) is -1.02. The highest BCUT2D eigenvalue weighted by Crippen LogP contribution is 2.01. The van der Waals surface area contributed by atoms with Crippen molar-refractivity contribution in [1.82, 2.24) is 5.32 Å². The molecule has 0 bridgehead atoms. The van der Waals surface area contributed by atoms with Crippen molar-refractivity contribution in [3.05, 3.63) is 35.6 Å². The van der Waals surface area contributed by atoms with E-state index in [1.807, 2.05) is 5.32 Å². The summed E-state index contributed by atoms with van der Waals surface area (Å²) in [7, 11) is 0. The summed E-state index contributed by atoms with van der Waals surface area (Å²) in [5.41, 5.74) is 0.222. The molecule has 0 spiro atoms. The Morgan fingerprint density at radius 1 is 1.33 bits per heavy atom. The molecule has 1 N–H and O–H groups in total. The molecule has 0 atom stereocenters. The Morgan fingerprint density at radius 3 is 2.42 bits per heavy atom. The summed E-state index contributed by atoms with van der Waals surface area (Å²) >= 11 is 0. The van der Waals surface area contributed by atoms with E-state index in [0.717, 1.165) is 12.1 Å². The zero-order valence-electron chi connectivity index (χ0n) is 6.00. The number of rotatable bonds is 2. The average molecular weight is 166 g/mol. The Kier molecular flexibility index (Phi) is 2.53. The quantitative estimate of drug-likeness (QED) is 0.654. The summed E-state index contributed by atoms with van der Waals surface area (Å²) in [6.07, 6.45) is 1.24. The molecule has 0 aliphatic rings. The molecule has 1 aromatic carbocycles. The zero-order chi connectivity index (χ0) is 8.97. The lowest BCUT2D eigenvalue weighted by Crippen LogP contribution is -2.20. The van der Waals surface area contributed by atoms with Crippen LogP contribution in [0.5, 0.6) is 0 Å². The Morgan fingerprint density at radius 2 is 1.92 bits per heavy atom. The molecule has 61 valence electrons. The van der Waals surface area contributed by atoms with Gasteiger partial charge in [0.1, 0.15) is 5.82 Å². The minimum absolute atomic E-state index is 0.222. The second-order valence-corrected chi connectivity index (χ2v) is 2.06. The van der Waals surface area contributed by atoms with Crippen molar-refractivity contribution in [3.63, 3.8) is 0 Å². The number of halogens is 1.